The van der Waals surface area contributed by atoms with Gasteiger partial charge in [0.05, 0.1) is 18.3 Å². The van der Waals surface area contributed by atoms with Crippen molar-refractivity contribution >= 4 is 11.8 Å². The number of aliphatic hydroxyl groups is 1. The lowest BCUT2D eigenvalue weighted by atomic mass is 9.92. The minimum Gasteiger partial charge on any atom is -0.493 e. The Morgan fingerprint density at radius 2 is 1.91 bits per heavy atom. The molecule has 1 aromatic carbocycles. The summed E-state index contributed by atoms with van der Waals surface area (Å²) >= 11 is 0. The molecule has 0 radical (unpaired) electrons. The van der Waals surface area contributed by atoms with Crippen LogP contribution in [0.25, 0.3) is 0 Å². The van der Waals surface area contributed by atoms with Crippen molar-refractivity contribution in [3.63, 3.8) is 0 Å². The van der Waals surface area contributed by atoms with Crippen LogP contribution in [-0.4, -0.2) is 46.8 Å². The summed E-state index contributed by atoms with van der Waals surface area (Å²) < 4.78 is 39.5. The highest BCUT2D eigenvalue weighted by Gasteiger charge is 2.24. The molecule has 9 heteroatoms. The minimum absolute atomic E-state index is 0.0734. The predicted octanol–water partition coefficient (Wildman–Crippen LogP) is 4.89. The molecule has 0 saturated carbocycles. The fourth-order valence-corrected chi connectivity index (χ4v) is 3.93. The molecule has 0 bridgehead atoms. The van der Waals surface area contributed by atoms with E-state index in [4.69, 9.17) is 9.26 Å². The zero-order valence-electron chi connectivity index (χ0n) is 19.5. The van der Waals surface area contributed by atoms with Crippen molar-refractivity contribution in [2.45, 2.75) is 71.3 Å². The number of aromatic nitrogens is 2. The molecule has 1 N–H and O–H groups in total. The molecule has 1 fully saturated rings. The lowest BCUT2D eigenvalue weighted by Gasteiger charge is -2.30. The predicted molar refractivity (Wildman–Crippen MR) is 120 cm³/mol. The molecule has 2 aromatic rings. The van der Waals surface area contributed by atoms with Gasteiger partial charge in [-0.3, -0.25) is 4.79 Å². The number of carbonyl (C=O) groups excluding carboxylic acids is 1. The van der Waals surface area contributed by atoms with Crippen LogP contribution in [0, 0.1) is 17.6 Å². The lowest BCUT2D eigenvalue weighted by molar-refractivity contribution is 0.0941. The van der Waals surface area contributed by atoms with Crippen LogP contribution in [0.3, 0.4) is 0 Å². The van der Waals surface area contributed by atoms with Gasteiger partial charge in [0.1, 0.15) is 17.4 Å². The third kappa shape index (κ3) is 6.96. The Morgan fingerprint density at radius 3 is 2.48 bits per heavy atom. The molecule has 0 amide bonds. The third-order valence-corrected chi connectivity index (χ3v) is 5.94. The van der Waals surface area contributed by atoms with E-state index in [-0.39, 0.29) is 24.5 Å². The van der Waals surface area contributed by atoms with Crippen molar-refractivity contribution in [2.75, 3.05) is 24.6 Å². The Balaban J connectivity index is 1.41. The molecule has 1 aliphatic rings. The van der Waals surface area contributed by atoms with Crippen LogP contribution in [0.15, 0.2) is 16.7 Å². The maximum absolute atomic E-state index is 14.3. The van der Waals surface area contributed by atoms with Crippen LogP contribution in [0.5, 0.6) is 5.75 Å². The molecule has 7 nitrogen and oxygen atoms in total. The molecule has 0 unspecified atom stereocenters. The van der Waals surface area contributed by atoms with Crippen LogP contribution in [0.4, 0.5) is 14.8 Å². The van der Waals surface area contributed by atoms with E-state index < -0.39 is 29.1 Å². The molecule has 1 aromatic heterocycles. The van der Waals surface area contributed by atoms with Gasteiger partial charge in [0.15, 0.2) is 11.6 Å². The van der Waals surface area contributed by atoms with Crippen molar-refractivity contribution in [2.24, 2.45) is 5.92 Å². The molecule has 1 atom stereocenters. The number of ether oxygens (including phenoxy) is 1. The Morgan fingerprint density at radius 1 is 1.24 bits per heavy atom. The molecule has 33 heavy (non-hydrogen) atoms. The van der Waals surface area contributed by atoms with Gasteiger partial charge in [0.2, 0.25) is 0 Å². The van der Waals surface area contributed by atoms with Crippen LogP contribution < -0.4 is 9.64 Å². The van der Waals surface area contributed by atoms with Crippen molar-refractivity contribution in [1.82, 2.24) is 10.1 Å². The largest absolute Gasteiger partial charge is 0.493 e. The highest BCUT2D eigenvalue weighted by Crippen LogP contribution is 2.27. The average molecular weight is 466 g/mol. The maximum atomic E-state index is 14.3. The van der Waals surface area contributed by atoms with E-state index in [0.29, 0.717) is 24.4 Å². The average Bonchev–Trinajstić information content (AvgIpc) is 3.26. The molecule has 1 saturated heterocycles. The summed E-state index contributed by atoms with van der Waals surface area (Å²) in [6.45, 7) is 7.63. The molecule has 1 aliphatic heterocycles. The van der Waals surface area contributed by atoms with E-state index in [0.717, 1.165) is 50.9 Å². The van der Waals surface area contributed by atoms with Gasteiger partial charge in [0.25, 0.3) is 0 Å². The Hall–Kier alpha value is -2.55. The zero-order valence-corrected chi connectivity index (χ0v) is 19.5. The van der Waals surface area contributed by atoms with E-state index >= 15 is 0 Å². The van der Waals surface area contributed by atoms with Gasteiger partial charge in [-0.15, -0.1) is 0 Å². The van der Waals surface area contributed by atoms with Crippen LogP contribution in [-0.2, 0) is 0 Å². The number of ketones is 1. The van der Waals surface area contributed by atoms with E-state index in [1.54, 1.807) is 0 Å². The molecule has 3 rings (SSSR count). The molecular weight excluding hydrogens is 432 g/mol. The topological polar surface area (TPSA) is 88.7 Å². The molecular formula is C24H33F2N3O4. The number of halogens is 2. The monoisotopic (exact) mass is 465 g/mol. The van der Waals surface area contributed by atoms with E-state index in [1.807, 2.05) is 13.8 Å². The Kier molecular flexibility index (Phi) is 8.77. The second-order valence-corrected chi connectivity index (χ2v) is 9.08. The summed E-state index contributed by atoms with van der Waals surface area (Å²) in [5.74, 6) is -0.971. The van der Waals surface area contributed by atoms with E-state index in [1.165, 1.54) is 6.92 Å². The number of carbonyl (C=O) groups is 1. The number of hydrogen-bond acceptors (Lipinski definition) is 7. The van der Waals surface area contributed by atoms with Gasteiger partial charge in [-0.1, -0.05) is 19.0 Å². The quantitative estimate of drug-likeness (QED) is 0.373. The summed E-state index contributed by atoms with van der Waals surface area (Å²) in [4.78, 5) is 18.6. The van der Waals surface area contributed by atoms with E-state index in [9.17, 15) is 18.7 Å². The first-order chi connectivity index (χ1) is 15.7. The molecule has 182 valence electrons. The van der Waals surface area contributed by atoms with Gasteiger partial charge in [-0.05, 0) is 44.9 Å². The second-order valence-electron chi connectivity index (χ2n) is 9.08. The van der Waals surface area contributed by atoms with Gasteiger partial charge in [0, 0.05) is 37.6 Å². The summed E-state index contributed by atoms with van der Waals surface area (Å²) in [6, 6.07) is 2.68. The zero-order chi connectivity index (χ0) is 24.0. The van der Waals surface area contributed by atoms with Crippen LogP contribution in [0.1, 0.15) is 81.4 Å². The van der Waals surface area contributed by atoms with Crippen molar-refractivity contribution in [3.05, 3.63) is 35.2 Å². The molecule has 0 aliphatic carbocycles. The number of benzene rings is 1. The number of rotatable bonds is 11. The number of anilines is 1. The first-order valence-corrected chi connectivity index (χ1v) is 11.7. The standard InChI is InChI=1S/C24H33F2N3O4/c1-15(2)23-27-24(33-28-23)29-10-8-17(9-11-29)5-4-12-32-18-13-19(25)22(20(26)14-18)21(31)7-6-16(3)30/h13-17,30H,4-12H2,1-3H3/t16-/m1/s1. The fourth-order valence-electron chi connectivity index (χ4n) is 3.93. The van der Waals surface area contributed by atoms with Gasteiger partial charge in [-0.2, -0.15) is 4.98 Å². The van der Waals surface area contributed by atoms with Crippen molar-refractivity contribution < 1.29 is 27.9 Å². The highest BCUT2D eigenvalue weighted by molar-refractivity contribution is 5.96. The normalized spacial score (nSPS) is 15.8. The van der Waals surface area contributed by atoms with Crippen LogP contribution in [0.2, 0.25) is 0 Å². The smallest absolute Gasteiger partial charge is 0.324 e. The first kappa shape index (κ1) is 25.1. The highest BCUT2D eigenvalue weighted by atomic mass is 19.1. The number of nitrogens with zero attached hydrogens (tertiary/aromatic N) is 3. The number of aliphatic hydroxyl groups excluding tert-OH is 1. The summed E-state index contributed by atoms with van der Waals surface area (Å²) in [7, 11) is 0. The first-order valence-electron chi connectivity index (χ1n) is 11.7. The minimum atomic E-state index is -0.936. The fraction of sp³-hybridized carbons (Fsp3) is 0.625. The van der Waals surface area contributed by atoms with Crippen LogP contribution >= 0.6 is 0 Å². The molecule has 0 spiro atoms. The summed E-state index contributed by atoms with van der Waals surface area (Å²) in [6.07, 6.45) is 3.07. The second kappa shape index (κ2) is 11.5. The number of hydrogen-bond donors (Lipinski definition) is 1. The lowest BCUT2D eigenvalue weighted by Crippen LogP contribution is -2.34. The van der Waals surface area contributed by atoms with Crippen molar-refractivity contribution in [1.29, 1.82) is 0 Å². The van der Waals surface area contributed by atoms with Gasteiger partial charge < -0.3 is 19.3 Å². The van der Waals surface area contributed by atoms with E-state index in [2.05, 4.69) is 15.0 Å². The Bertz CT molecular complexity index is 901. The SMILES string of the molecule is CC(C)c1noc(N2CCC(CCCOc3cc(F)c(C(=O)CC[C@@H](C)O)c(F)c3)CC2)n1. The van der Waals surface area contributed by atoms with Crippen molar-refractivity contribution in [3.8, 4) is 5.75 Å². The molecule has 2 heterocycles. The summed E-state index contributed by atoms with van der Waals surface area (Å²) in [5, 5.41) is 13.3. The number of piperidine rings is 1. The third-order valence-electron chi connectivity index (χ3n) is 5.94. The maximum Gasteiger partial charge on any atom is 0.324 e. The van der Waals surface area contributed by atoms with Gasteiger partial charge >= 0.3 is 6.01 Å². The number of Topliss-reactive ketones (excluding diaryl/α,β-unsaturated/α-hetero) is 1. The Labute approximate surface area is 193 Å². The van der Waals surface area contributed by atoms with Gasteiger partial charge in [-0.25, -0.2) is 8.78 Å². The summed E-state index contributed by atoms with van der Waals surface area (Å²) in [5.41, 5.74) is -0.573.